The molecule has 0 fully saturated rings. The van der Waals surface area contributed by atoms with E-state index in [0.717, 1.165) is 0 Å². The zero-order chi connectivity index (χ0) is 16.4. The van der Waals surface area contributed by atoms with E-state index in [-0.39, 0.29) is 30.4 Å². The quantitative estimate of drug-likeness (QED) is 0.362. The molecule has 0 rings (SSSR count). The number of esters is 2. The molecule has 0 heterocycles. The average molecular weight is 367 g/mol. The zero-order valence-electron chi connectivity index (χ0n) is 12.6. The Morgan fingerprint density at radius 3 is 2.05 bits per heavy atom. The van der Waals surface area contributed by atoms with Gasteiger partial charge in [0.1, 0.15) is 4.83 Å². The number of carboxylic acid groups (broad SMARTS) is 1. The first-order chi connectivity index (χ1) is 9.79. The van der Waals surface area contributed by atoms with Crippen molar-refractivity contribution >= 4 is 33.8 Å². The summed E-state index contributed by atoms with van der Waals surface area (Å²) in [6.07, 6.45) is 1.16. The van der Waals surface area contributed by atoms with Crippen LogP contribution in [0.3, 0.4) is 0 Å². The van der Waals surface area contributed by atoms with Crippen molar-refractivity contribution in [3.8, 4) is 0 Å². The van der Waals surface area contributed by atoms with Gasteiger partial charge >= 0.3 is 17.9 Å². The van der Waals surface area contributed by atoms with Crippen molar-refractivity contribution in [3.05, 3.63) is 0 Å². The standard InChI is InChI=1S/C14H23BrO6/c1-4-11(12(16)17)8-9(2)13(18)20-6-5-7-21-14(19)10(3)15/h9-11H,4-8H2,1-3H3,(H,16,17). The number of hydrogen-bond acceptors (Lipinski definition) is 5. The molecular weight excluding hydrogens is 344 g/mol. The number of aliphatic carboxylic acids is 1. The second-order valence-electron chi connectivity index (χ2n) is 4.88. The lowest BCUT2D eigenvalue weighted by Gasteiger charge is -2.15. The Morgan fingerprint density at radius 1 is 1.10 bits per heavy atom. The van der Waals surface area contributed by atoms with Crippen LogP contribution in [-0.4, -0.2) is 41.1 Å². The van der Waals surface area contributed by atoms with E-state index >= 15 is 0 Å². The Kier molecular flexibility index (Phi) is 10.0. The molecule has 6 nitrogen and oxygen atoms in total. The van der Waals surface area contributed by atoms with Gasteiger partial charge in [-0.05, 0) is 19.8 Å². The summed E-state index contributed by atoms with van der Waals surface area (Å²) in [7, 11) is 0. The van der Waals surface area contributed by atoms with Crippen molar-refractivity contribution in [2.75, 3.05) is 13.2 Å². The van der Waals surface area contributed by atoms with Gasteiger partial charge in [-0.1, -0.05) is 29.8 Å². The highest BCUT2D eigenvalue weighted by molar-refractivity contribution is 9.10. The smallest absolute Gasteiger partial charge is 0.319 e. The van der Waals surface area contributed by atoms with E-state index in [1.165, 1.54) is 0 Å². The molecule has 0 saturated carbocycles. The molecule has 3 unspecified atom stereocenters. The maximum Gasteiger partial charge on any atom is 0.319 e. The summed E-state index contributed by atoms with van der Waals surface area (Å²) in [6.45, 7) is 5.42. The first kappa shape index (κ1) is 19.9. The minimum atomic E-state index is -0.895. The first-order valence-corrected chi connectivity index (χ1v) is 7.91. The largest absolute Gasteiger partial charge is 0.481 e. The summed E-state index contributed by atoms with van der Waals surface area (Å²) < 4.78 is 9.94. The van der Waals surface area contributed by atoms with Crippen LogP contribution in [0, 0.1) is 11.8 Å². The topological polar surface area (TPSA) is 89.9 Å². The normalized spacial score (nSPS) is 14.9. The fourth-order valence-electron chi connectivity index (χ4n) is 1.63. The fraction of sp³-hybridized carbons (Fsp3) is 0.786. The Labute approximate surface area is 133 Å². The third-order valence-corrected chi connectivity index (χ3v) is 3.36. The highest BCUT2D eigenvalue weighted by Crippen LogP contribution is 2.17. The molecule has 0 saturated heterocycles. The lowest BCUT2D eigenvalue weighted by Crippen LogP contribution is -2.23. The molecule has 0 aliphatic heterocycles. The highest BCUT2D eigenvalue weighted by atomic mass is 79.9. The molecule has 0 aliphatic carbocycles. The first-order valence-electron chi connectivity index (χ1n) is 6.99. The molecule has 0 aromatic carbocycles. The van der Waals surface area contributed by atoms with E-state index < -0.39 is 23.8 Å². The monoisotopic (exact) mass is 366 g/mol. The van der Waals surface area contributed by atoms with Crippen LogP contribution in [0.4, 0.5) is 0 Å². The van der Waals surface area contributed by atoms with Crippen molar-refractivity contribution in [1.82, 2.24) is 0 Å². The average Bonchev–Trinajstić information content (AvgIpc) is 2.42. The summed E-state index contributed by atoms with van der Waals surface area (Å²) >= 11 is 3.08. The van der Waals surface area contributed by atoms with Crippen molar-refractivity contribution in [2.45, 2.75) is 44.9 Å². The minimum absolute atomic E-state index is 0.150. The van der Waals surface area contributed by atoms with Gasteiger partial charge in [0.25, 0.3) is 0 Å². The third kappa shape index (κ3) is 8.70. The van der Waals surface area contributed by atoms with Crippen LogP contribution in [0.25, 0.3) is 0 Å². The summed E-state index contributed by atoms with van der Waals surface area (Å²) in [5.74, 6) is -2.67. The highest BCUT2D eigenvalue weighted by Gasteiger charge is 2.23. The number of ether oxygens (including phenoxy) is 2. The van der Waals surface area contributed by atoms with Crippen LogP contribution < -0.4 is 0 Å². The molecule has 0 spiro atoms. The van der Waals surface area contributed by atoms with Gasteiger partial charge in [0.05, 0.1) is 25.0 Å². The SMILES string of the molecule is CCC(CC(C)C(=O)OCCCOC(=O)C(C)Br)C(=O)O. The van der Waals surface area contributed by atoms with Crippen LogP contribution in [0.15, 0.2) is 0 Å². The fourth-order valence-corrected chi connectivity index (χ4v) is 1.76. The maximum atomic E-state index is 11.7. The predicted octanol–water partition coefficient (Wildman–Crippen LogP) is 2.38. The summed E-state index contributed by atoms with van der Waals surface area (Å²) in [5, 5.41) is 8.94. The van der Waals surface area contributed by atoms with Gasteiger partial charge < -0.3 is 14.6 Å². The van der Waals surface area contributed by atoms with Crippen LogP contribution in [-0.2, 0) is 23.9 Å². The number of carbonyl (C=O) groups excluding carboxylic acids is 2. The van der Waals surface area contributed by atoms with Gasteiger partial charge in [0, 0.05) is 6.42 Å². The summed E-state index contributed by atoms with van der Waals surface area (Å²) in [5.41, 5.74) is 0. The Bertz CT molecular complexity index is 355. The van der Waals surface area contributed by atoms with E-state index in [0.29, 0.717) is 12.8 Å². The van der Waals surface area contributed by atoms with Crippen molar-refractivity contribution in [3.63, 3.8) is 0 Å². The maximum absolute atomic E-state index is 11.7. The molecular formula is C14H23BrO6. The van der Waals surface area contributed by atoms with Gasteiger partial charge in [0.15, 0.2) is 0 Å². The molecule has 21 heavy (non-hydrogen) atoms. The molecule has 3 atom stereocenters. The van der Waals surface area contributed by atoms with Gasteiger partial charge in [-0.15, -0.1) is 0 Å². The molecule has 0 bridgehead atoms. The van der Waals surface area contributed by atoms with E-state index in [1.807, 2.05) is 0 Å². The Hall–Kier alpha value is -1.11. The lowest BCUT2D eigenvalue weighted by atomic mass is 9.94. The predicted molar refractivity (Wildman–Crippen MR) is 80.1 cm³/mol. The van der Waals surface area contributed by atoms with Gasteiger partial charge in [-0.2, -0.15) is 0 Å². The van der Waals surface area contributed by atoms with Crippen LogP contribution >= 0.6 is 15.9 Å². The number of carboxylic acids is 1. The van der Waals surface area contributed by atoms with Gasteiger partial charge in [-0.25, -0.2) is 0 Å². The second-order valence-corrected chi connectivity index (χ2v) is 6.26. The molecule has 0 aromatic heterocycles. The van der Waals surface area contributed by atoms with Crippen LogP contribution in [0.1, 0.15) is 40.0 Å². The van der Waals surface area contributed by atoms with Crippen LogP contribution in [0.2, 0.25) is 0 Å². The van der Waals surface area contributed by atoms with Gasteiger partial charge in [0.2, 0.25) is 0 Å². The number of hydrogen-bond donors (Lipinski definition) is 1. The minimum Gasteiger partial charge on any atom is -0.481 e. The molecule has 0 aromatic rings. The van der Waals surface area contributed by atoms with E-state index in [4.69, 9.17) is 14.6 Å². The van der Waals surface area contributed by atoms with E-state index in [9.17, 15) is 14.4 Å². The molecule has 7 heteroatoms. The Balaban J connectivity index is 3.88. The third-order valence-electron chi connectivity index (χ3n) is 2.98. The van der Waals surface area contributed by atoms with Crippen LogP contribution in [0.5, 0.6) is 0 Å². The zero-order valence-corrected chi connectivity index (χ0v) is 14.2. The Morgan fingerprint density at radius 2 is 1.62 bits per heavy atom. The van der Waals surface area contributed by atoms with Crippen molar-refractivity contribution in [2.24, 2.45) is 11.8 Å². The molecule has 1 N–H and O–H groups in total. The number of rotatable bonds is 10. The van der Waals surface area contributed by atoms with Crippen molar-refractivity contribution < 1.29 is 29.0 Å². The van der Waals surface area contributed by atoms with E-state index in [1.54, 1.807) is 20.8 Å². The number of carbonyl (C=O) groups is 3. The molecule has 0 aliphatic rings. The molecule has 122 valence electrons. The summed E-state index contributed by atoms with van der Waals surface area (Å²) in [6, 6.07) is 0. The lowest BCUT2D eigenvalue weighted by molar-refractivity contribution is -0.150. The van der Waals surface area contributed by atoms with E-state index in [2.05, 4.69) is 15.9 Å². The summed E-state index contributed by atoms with van der Waals surface area (Å²) in [4.78, 5) is 33.4. The van der Waals surface area contributed by atoms with Gasteiger partial charge in [-0.3, -0.25) is 14.4 Å². The molecule has 0 radical (unpaired) electrons. The number of alkyl halides is 1. The molecule has 0 amide bonds. The second kappa shape index (κ2) is 10.6. The number of halogens is 1. The van der Waals surface area contributed by atoms with Crippen molar-refractivity contribution in [1.29, 1.82) is 0 Å².